The molecule has 0 radical (unpaired) electrons. The highest BCUT2D eigenvalue weighted by molar-refractivity contribution is 7.00. The second-order valence-electron chi connectivity index (χ2n) is 18.0. The Morgan fingerprint density at radius 3 is 2.03 bits per heavy atom. The van der Waals surface area contributed by atoms with Gasteiger partial charge in [0.2, 0.25) is 0 Å². The number of fused-ring (bicyclic) bond motifs is 6. The van der Waals surface area contributed by atoms with Crippen molar-refractivity contribution in [2.24, 2.45) is 5.41 Å². The number of aryl methyl sites for hydroxylation is 1. The van der Waals surface area contributed by atoms with Gasteiger partial charge in [0.25, 0.3) is 6.71 Å². The molecule has 4 heteroatoms. The Kier molecular flexibility index (Phi) is 9.00. The number of rotatable bonds is 6. The van der Waals surface area contributed by atoms with Gasteiger partial charge in [0.1, 0.15) is 5.58 Å². The first-order chi connectivity index (χ1) is 27.8. The van der Waals surface area contributed by atoms with Crippen LogP contribution in [0, 0.1) is 12.3 Å². The van der Waals surface area contributed by atoms with E-state index in [2.05, 4.69) is 217 Å². The Morgan fingerprint density at radius 1 is 0.655 bits per heavy atom. The summed E-state index contributed by atoms with van der Waals surface area (Å²) in [4.78, 5) is 4.93. The summed E-state index contributed by atoms with van der Waals surface area (Å²) >= 11 is 0. The van der Waals surface area contributed by atoms with Crippen molar-refractivity contribution >= 4 is 74.0 Å². The number of allylic oxidation sites excluding steroid dienone is 5. The summed E-state index contributed by atoms with van der Waals surface area (Å²) in [6, 6.07) is 49.1. The number of benzene rings is 6. The second kappa shape index (κ2) is 14.0. The second-order valence-corrected chi connectivity index (χ2v) is 18.0. The Morgan fingerprint density at radius 2 is 1.33 bits per heavy atom. The monoisotopic (exact) mass is 754 g/mol. The lowest BCUT2D eigenvalue weighted by molar-refractivity contribution is 0.517. The molecule has 3 heterocycles. The van der Waals surface area contributed by atoms with Crippen molar-refractivity contribution in [3.8, 4) is 11.1 Å². The van der Waals surface area contributed by atoms with Gasteiger partial charge in [-0.2, -0.15) is 0 Å². The van der Waals surface area contributed by atoms with Gasteiger partial charge in [0.15, 0.2) is 0 Å². The third-order valence-electron chi connectivity index (χ3n) is 12.0. The molecule has 9 rings (SSSR count). The van der Waals surface area contributed by atoms with Gasteiger partial charge in [-0.05, 0) is 129 Å². The molecule has 0 saturated heterocycles. The number of anilines is 6. The Bertz CT molecular complexity index is 2790. The van der Waals surface area contributed by atoms with E-state index in [-0.39, 0.29) is 17.5 Å². The van der Waals surface area contributed by atoms with Gasteiger partial charge in [-0.1, -0.05) is 145 Å². The summed E-state index contributed by atoms with van der Waals surface area (Å²) in [6.45, 7) is 21.9. The van der Waals surface area contributed by atoms with Crippen LogP contribution in [0.4, 0.5) is 34.1 Å². The SMILES string of the molecule is C=C/C(=C\C=C(/C)c1cccc(N2c3cc(C)cc4c3B(c3ccc(-c5ccc(C(C)(C)C)cc5)cc3N4c3ccccc3)c3oc4ccccc4c32)c1)C(C)(C)C. The fraction of sp³-hybridized carbons (Fsp3) is 0.185. The predicted molar refractivity (Wildman–Crippen MR) is 250 cm³/mol. The number of hydrogen-bond acceptors (Lipinski definition) is 3. The van der Waals surface area contributed by atoms with Gasteiger partial charge in [-0.3, -0.25) is 0 Å². The van der Waals surface area contributed by atoms with Crippen LogP contribution in [0.5, 0.6) is 0 Å². The molecule has 0 bridgehead atoms. The van der Waals surface area contributed by atoms with Crippen molar-refractivity contribution in [3.05, 3.63) is 181 Å². The van der Waals surface area contributed by atoms with Gasteiger partial charge in [0, 0.05) is 33.8 Å². The molecular weight excluding hydrogens is 703 g/mol. The van der Waals surface area contributed by atoms with E-state index in [4.69, 9.17) is 4.42 Å². The Balaban J connectivity index is 1.28. The van der Waals surface area contributed by atoms with Crippen LogP contribution in [0.3, 0.4) is 0 Å². The number of furan rings is 1. The molecule has 2 aliphatic heterocycles. The fourth-order valence-electron chi connectivity index (χ4n) is 8.85. The summed E-state index contributed by atoms with van der Waals surface area (Å²) in [5.41, 5.74) is 19.8. The zero-order valence-electron chi connectivity index (χ0n) is 35.0. The van der Waals surface area contributed by atoms with Crippen LogP contribution in [0.25, 0.3) is 27.7 Å². The minimum absolute atomic E-state index is 0.0131. The molecule has 3 nitrogen and oxygen atoms in total. The highest BCUT2D eigenvalue weighted by atomic mass is 16.3. The average Bonchev–Trinajstić information content (AvgIpc) is 3.59. The quantitative estimate of drug-likeness (QED) is 0.124. The highest BCUT2D eigenvalue weighted by Crippen LogP contribution is 2.47. The van der Waals surface area contributed by atoms with E-state index < -0.39 is 0 Å². The lowest BCUT2D eigenvalue weighted by Gasteiger charge is -2.43. The van der Waals surface area contributed by atoms with E-state index in [1.807, 2.05) is 6.08 Å². The van der Waals surface area contributed by atoms with E-state index in [1.165, 1.54) is 67.0 Å². The Labute approximate surface area is 344 Å². The van der Waals surface area contributed by atoms with Crippen LogP contribution >= 0.6 is 0 Å². The van der Waals surface area contributed by atoms with Crippen LogP contribution in [-0.2, 0) is 5.41 Å². The molecule has 286 valence electrons. The van der Waals surface area contributed by atoms with Gasteiger partial charge in [-0.15, -0.1) is 0 Å². The summed E-state index contributed by atoms with van der Waals surface area (Å²) < 4.78 is 7.08. The van der Waals surface area contributed by atoms with Crippen molar-refractivity contribution in [2.45, 2.75) is 60.8 Å². The van der Waals surface area contributed by atoms with Gasteiger partial charge in [-0.25, -0.2) is 0 Å². The molecule has 0 unspecified atom stereocenters. The molecule has 0 fully saturated rings. The molecule has 6 aromatic carbocycles. The van der Waals surface area contributed by atoms with Crippen molar-refractivity contribution in [2.75, 3.05) is 9.80 Å². The van der Waals surface area contributed by atoms with Crippen molar-refractivity contribution in [3.63, 3.8) is 0 Å². The van der Waals surface area contributed by atoms with E-state index >= 15 is 0 Å². The maximum Gasteiger partial charge on any atom is 0.297 e. The zero-order chi connectivity index (χ0) is 40.5. The number of nitrogens with zero attached hydrogens (tertiary/aromatic N) is 2. The molecule has 1 aromatic heterocycles. The summed E-state index contributed by atoms with van der Waals surface area (Å²) in [7, 11) is 0. The zero-order valence-corrected chi connectivity index (χ0v) is 35.0. The smallest absolute Gasteiger partial charge is 0.297 e. The first-order valence-corrected chi connectivity index (χ1v) is 20.5. The molecule has 0 aliphatic carbocycles. The third kappa shape index (κ3) is 6.32. The highest BCUT2D eigenvalue weighted by Gasteiger charge is 2.46. The fourth-order valence-corrected chi connectivity index (χ4v) is 8.85. The molecule has 7 aromatic rings. The predicted octanol–water partition coefficient (Wildman–Crippen LogP) is 13.4. The maximum absolute atomic E-state index is 7.08. The normalized spacial score (nSPS) is 14.0. The lowest BCUT2D eigenvalue weighted by atomic mass is 9.35. The minimum Gasteiger partial charge on any atom is -0.468 e. The largest absolute Gasteiger partial charge is 0.468 e. The van der Waals surface area contributed by atoms with Crippen LogP contribution in [0.1, 0.15) is 65.2 Å². The molecule has 0 N–H and O–H groups in total. The van der Waals surface area contributed by atoms with Crippen molar-refractivity contribution in [1.29, 1.82) is 0 Å². The summed E-state index contributed by atoms with van der Waals surface area (Å²) in [5.74, 6) is 0. The van der Waals surface area contributed by atoms with Crippen molar-refractivity contribution < 1.29 is 4.42 Å². The molecule has 0 saturated carbocycles. The average molecular weight is 755 g/mol. The summed E-state index contributed by atoms with van der Waals surface area (Å²) in [6.07, 6.45) is 6.41. The maximum atomic E-state index is 7.08. The first kappa shape index (κ1) is 37.3. The van der Waals surface area contributed by atoms with Gasteiger partial charge in [0.05, 0.1) is 11.3 Å². The van der Waals surface area contributed by atoms with Gasteiger partial charge >= 0.3 is 0 Å². The van der Waals surface area contributed by atoms with Crippen molar-refractivity contribution in [1.82, 2.24) is 0 Å². The molecule has 0 spiro atoms. The minimum atomic E-state index is -0.110. The van der Waals surface area contributed by atoms with Crippen LogP contribution < -0.4 is 26.4 Å². The lowest BCUT2D eigenvalue weighted by Crippen LogP contribution is -2.61. The van der Waals surface area contributed by atoms with E-state index in [0.29, 0.717) is 0 Å². The Hall–Kier alpha value is -6.26. The molecule has 0 atom stereocenters. The van der Waals surface area contributed by atoms with E-state index in [0.717, 1.165) is 33.7 Å². The molecule has 58 heavy (non-hydrogen) atoms. The van der Waals surface area contributed by atoms with E-state index in [9.17, 15) is 0 Å². The standard InChI is InChI=1S/C54H51BN2O/c1-10-40(53(4,5)6)27-23-36(3)38-17-16-20-43(33-38)57-48-32-35(2)31-47-50(48)55(52-51(57)44-21-14-15-22-49(44)58-52)45-30-26-39(37-24-28-41(29-25-37)54(7,8)9)34-46(45)56(47)42-18-12-11-13-19-42/h10-34H,1H2,2-9H3/b36-23+,40-27+. The third-order valence-corrected chi connectivity index (χ3v) is 12.0. The topological polar surface area (TPSA) is 19.6 Å². The van der Waals surface area contributed by atoms with Gasteiger partial charge < -0.3 is 14.2 Å². The number of hydrogen-bond donors (Lipinski definition) is 0. The van der Waals surface area contributed by atoms with Crippen LogP contribution in [0.15, 0.2) is 168 Å². The molecular formula is C54H51BN2O. The molecule has 0 amide bonds. The summed E-state index contributed by atoms with van der Waals surface area (Å²) in [5, 5.41) is 1.11. The number of para-hydroxylation sites is 2. The van der Waals surface area contributed by atoms with Crippen LogP contribution in [-0.4, -0.2) is 6.71 Å². The molecule has 2 aliphatic rings. The van der Waals surface area contributed by atoms with Crippen LogP contribution in [0.2, 0.25) is 0 Å². The first-order valence-electron chi connectivity index (χ1n) is 20.5. The van der Waals surface area contributed by atoms with E-state index in [1.54, 1.807) is 0 Å².